The van der Waals surface area contributed by atoms with E-state index in [2.05, 4.69) is 4.99 Å². The minimum Gasteiger partial charge on any atom is -0.856 e. The van der Waals surface area contributed by atoms with Crippen molar-refractivity contribution < 1.29 is 14.5 Å². The lowest BCUT2D eigenvalue weighted by Crippen LogP contribution is -2.47. The molecule has 0 radical (unpaired) electrons. The maximum Gasteiger partial charge on any atom is 0.280 e. The highest BCUT2D eigenvalue weighted by Gasteiger charge is 2.27. The number of aliphatic imine (C=N–C) groups is 2. The van der Waals surface area contributed by atoms with Crippen LogP contribution in [0.1, 0.15) is 41.5 Å². The fraction of sp³-hybridized carbons (Fsp3) is 0.200. The predicted octanol–water partition coefficient (Wildman–Crippen LogP) is 4.62. The quantitative estimate of drug-likeness (QED) is 0.463. The van der Waals surface area contributed by atoms with Crippen LogP contribution in [-0.2, 0) is 0 Å². The molecule has 1 unspecified atom stereocenters. The molecule has 176 valence electrons. The normalized spacial score (nSPS) is 14.8. The van der Waals surface area contributed by atoms with Gasteiger partial charge < -0.3 is 10.0 Å². The molecule has 2 heterocycles. The van der Waals surface area contributed by atoms with E-state index in [1.165, 1.54) is 0 Å². The van der Waals surface area contributed by atoms with E-state index in [-0.39, 0.29) is 18.3 Å². The fourth-order valence-corrected chi connectivity index (χ4v) is 4.14. The number of carbonyl (C=O) groups excluding carboxylic acids is 1. The molecule has 0 N–H and O–H groups in total. The summed E-state index contributed by atoms with van der Waals surface area (Å²) in [5, 5.41) is 14.2. The van der Waals surface area contributed by atoms with Crippen LogP contribution >= 0.6 is 35.6 Å². The highest BCUT2D eigenvalue weighted by molar-refractivity contribution is 6.36. The van der Waals surface area contributed by atoms with Crippen LogP contribution in [-0.4, -0.2) is 35.5 Å². The molecule has 0 aliphatic carbocycles. The van der Waals surface area contributed by atoms with E-state index in [1.807, 2.05) is 32.0 Å². The standard InChI is InChI=1S/C25H22Cl2N4O2.ClH/c1-3-30(4-2)25(33)16-8-7-13-31(15-16)23-24(32)28-21-12-11-17(26)14-19(21)22(29-23)18-9-5-6-10-20(18)27;/h5-15,23H,3-4H2,1-2H3;1H. The molecule has 0 saturated carbocycles. The lowest BCUT2D eigenvalue weighted by atomic mass is 10.0. The molecule has 1 aliphatic heterocycles. The highest BCUT2D eigenvalue weighted by atomic mass is 35.5. The number of pyridine rings is 1. The fourth-order valence-electron chi connectivity index (χ4n) is 3.75. The van der Waals surface area contributed by atoms with Gasteiger partial charge in [-0.3, -0.25) is 9.79 Å². The molecule has 34 heavy (non-hydrogen) atoms. The zero-order chi connectivity index (χ0) is 23.5. The van der Waals surface area contributed by atoms with Crippen LogP contribution < -0.4 is 9.67 Å². The van der Waals surface area contributed by atoms with Crippen molar-refractivity contribution in [2.45, 2.75) is 20.0 Å². The average Bonchev–Trinajstić information content (AvgIpc) is 2.96. The molecule has 4 rings (SSSR count). The van der Waals surface area contributed by atoms with E-state index in [1.54, 1.807) is 58.3 Å². The molecule has 1 amide bonds. The predicted molar refractivity (Wildman–Crippen MR) is 136 cm³/mol. The van der Waals surface area contributed by atoms with Crippen molar-refractivity contribution in [3.8, 4) is 0 Å². The third-order valence-electron chi connectivity index (χ3n) is 5.45. The first-order chi connectivity index (χ1) is 15.9. The van der Waals surface area contributed by atoms with Crippen molar-refractivity contribution in [1.82, 2.24) is 4.90 Å². The van der Waals surface area contributed by atoms with Gasteiger partial charge in [-0.15, -0.1) is 12.4 Å². The van der Waals surface area contributed by atoms with Crippen LogP contribution in [0.15, 0.2) is 77.0 Å². The van der Waals surface area contributed by atoms with Gasteiger partial charge in [0.2, 0.25) is 0 Å². The number of amides is 1. The smallest absolute Gasteiger partial charge is 0.280 e. The molecule has 1 aromatic heterocycles. The number of hydrogen-bond donors (Lipinski definition) is 0. The monoisotopic (exact) mass is 516 g/mol. The molecule has 0 spiro atoms. The number of benzene rings is 2. The van der Waals surface area contributed by atoms with E-state index in [0.717, 1.165) is 0 Å². The van der Waals surface area contributed by atoms with Crippen LogP contribution in [0.3, 0.4) is 0 Å². The number of hydrogen-bond acceptors (Lipinski definition) is 4. The minimum atomic E-state index is -1.01. The molecule has 2 aromatic carbocycles. The van der Waals surface area contributed by atoms with Gasteiger partial charge in [-0.25, -0.2) is 4.99 Å². The molecule has 0 fully saturated rings. The van der Waals surface area contributed by atoms with Crippen molar-refractivity contribution >= 4 is 58.8 Å². The summed E-state index contributed by atoms with van der Waals surface area (Å²) in [5.74, 6) is -0.573. The Kier molecular flexibility index (Phi) is 8.31. The van der Waals surface area contributed by atoms with Crippen LogP contribution in [0, 0.1) is 0 Å². The molecular formula is C25H23Cl3N4O2. The Morgan fingerprint density at radius 2 is 1.79 bits per heavy atom. The second-order valence-corrected chi connectivity index (χ2v) is 8.30. The van der Waals surface area contributed by atoms with Gasteiger partial charge in [0.25, 0.3) is 12.1 Å². The molecule has 9 heteroatoms. The van der Waals surface area contributed by atoms with Gasteiger partial charge >= 0.3 is 0 Å². The van der Waals surface area contributed by atoms with E-state index in [0.29, 0.717) is 51.2 Å². The Balaban J connectivity index is 0.00000324. The molecule has 6 nitrogen and oxygen atoms in total. The second-order valence-electron chi connectivity index (χ2n) is 7.46. The number of carbonyl (C=O) groups is 1. The average molecular weight is 518 g/mol. The molecule has 0 bridgehead atoms. The van der Waals surface area contributed by atoms with Gasteiger partial charge in [0.15, 0.2) is 12.4 Å². The van der Waals surface area contributed by atoms with Crippen molar-refractivity contribution in [2.24, 2.45) is 9.98 Å². The Morgan fingerprint density at radius 1 is 1.06 bits per heavy atom. The number of nitrogens with zero attached hydrogens (tertiary/aromatic N) is 4. The molecule has 1 aliphatic rings. The lowest BCUT2D eigenvalue weighted by molar-refractivity contribution is -0.710. The second kappa shape index (κ2) is 11.0. The summed E-state index contributed by atoms with van der Waals surface area (Å²) in [7, 11) is 0. The SMILES string of the molecule is CCN(CC)C(=O)c1ccc[n+](C2N=C(c3ccccc3Cl)c3cc(Cl)ccc3N=C2[O-])c1.Cl. The summed E-state index contributed by atoms with van der Waals surface area (Å²) in [6.45, 7) is 5.03. The van der Waals surface area contributed by atoms with Crippen LogP contribution in [0.5, 0.6) is 0 Å². The van der Waals surface area contributed by atoms with E-state index in [4.69, 9.17) is 28.2 Å². The van der Waals surface area contributed by atoms with E-state index < -0.39 is 12.1 Å². The van der Waals surface area contributed by atoms with Crippen molar-refractivity contribution in [1.29, 1.82) is 0 Å². The summed E-state index contributed by atoms with van der Waals surface area (Å²) in [6, 6.07) is 15.8. The van der Waals surface area contributed by atoms with Crippen molar-refractivity contribution in [3.05, 3.63) is 93.7 Å². The maximum absolute atomic E-state index is 13.2. The lowest BCUT2D eigenvalue weighted by Gasteiger charge is -2.19. The maximum atomic E-state index is 13.2. The molecular weight excluding hydrogens is 495 g/mol. The third kappa shape index (κ3) is 5.09. The molecule has 1 atom stereocenters. The molecule has 3 aromatic rings. The van der Waals surface area contributed by atoms with E-state index >= 15 is 0 Å². The third-order valence-corrected chi connectivity index (χ3v) is 6.01. The zero-order valence-electron chi connectivity index (χ0n) is 18.6. The number of rotatable bonds is 5. The van der Waals surface area contributed by atoms with Crippen LogP contribution in [0.4, 0.5) is 5.69 Å². The number of fused-ring (bicyclic) bond motifs is 1. The van der Waals surface area contributed by atoms with Gasteiger partial charge in [0.05, 0.1) is 17.3 Å². The Bertz CT molecular complexity index is 1270. The summed E-state index contributed by atoms with van der Waals surface area (Å²) >= 11 is 12.8. The van der Waals surface area contributed by atoms with Gasteiger partial charge in [-0.05, 0) is 44.2 Å². The molecule has 0 saturated heterocycles. The number of halogens is 3. The summed E-state index contributed by atoms with van der Waals surface area (Å²) in [4.78, 5) is 23.7. The topological polar surface area (TPSA) is 72.0 Å². The zero-order valence-corrected chi connectivity index (χ0v) is 20.9. The van der Waals surface area contributed by atoms with Crippen LogP contribution in [0.25, 0.3) is 0 Å². The largest absolute Gasteiger partial charge is 0.856 e. The summed E-state index contributed by atoms with van der Waals surface area (Å²) < 4.78 is 1.60. The Morgan fingerprint density at radius 3 is 2.50 bits per heavy atom. The first-order valence-electron chi connectivity index (χ1n) is 10.6. The summed E-state index contributed by atoms with van der Waals surface area (Å²) in [5.41, 5.74) is 2.71. The Labute approximate surface area is 214 Å². The van der Waals surface area contributed by atoms with Gasteiger partial charge in [-0.1, -0.05) is 41.4 Å². The van der Waals surface area contributed by atoms with Gasteiger partial charge in [-0.2, -0.15) is 4.57 Å². The van der Waals surface area contributed by atoms with Crippen molar-refractivity contribution in [3.63, 3.8) is 0 Å². The van der Waals surface area contributed by atoms with Gasteiger partial charge in [0.1, 0.15) is 5.56 Å². The van der Waals surface area contributed by atoms with E-state index in [9.17, 15) is 9.90 Å². The number of aromatic nitrogens is 1. The first kappa shape index (κ1) is 25.7. The van der Waals surface area contributed by atoms with Crippen LogP contribution in [0.2, 0.25) is 10.0 Å². The van der Waals surface area contributed by atoms with Gasteiger partial charge in [0, 0.05) is 40.3 Å². The Hall–Kier alpha value is -2.93. The minimum absolute atomic E-state index is 0. The van der Waals surface area contributed by atoms with Crippen molar-refractivity contribution in [2.75, 3.05) is 13.1 Å². The summed E-state index contributed by atoms with van der Waals surface area (Å²) in [6.07, 6.45) is 2.33. The highest BCUT2D eigenvalue weighted by Crippen LogP contribution is 2.32. The first-order valence-corrected chi connectivity index (χ1v) is 11.4.